The zero-order valence-corrected chi connectivity index (χ0v) is 11.5. The Hall–Kier alpha value is -1.63. The number of carbonyl (C=O) groups is 3. The third kappa shape index (κ3) is 3.47. The average molecular weight is 284 g/mol. The van der Waals surface area contributed by atoms with Gasteiger partial charge in [-0.15, -0.1) is 0 Å². The number of methoxy groups -OCH3 is 1. The highest BCUT2D eigenvalue weighted by molar-refractivity contribution is 5.91. The third-order valence-corrected chi connectivity index (χ3v) is 3.74. The molecule has 2 unspecified atom stereocenters. The van der Waals surface area contributed by atoms with E-state index in [-0.39, 0.29) is 31.3 Å². The van der Waals surface area contributed by atoms with Crippen molar-refractivity contribution < 1.29 is 24.2 Å². The highest BCUT2D eigenvalue weighted by atomic mass is 16.5. The second-order valence-electron chi connectivity index (χ2n) is 5.36. The molecule has 0 aromatic carbocycles. The molecule has 2 rings (SSSR count). The molecule has 0 aromatic rings. The van der Waals surface area contributed by atoms with Crippen LogP contribution in [-0.2, 0) is 19.1 Å². The van der Waals surface area contributed by atoms with E-state index in [1.165, 1.54) is 7.11 Å². The van der Waals surface area contributed by atoms with Crippen molar-refractivity contribution in [1.82, 2.24) is 10.2 Å². The van der Waals surface area contributed by atoms with E-state index in [0.717, 1.165) is 12.8 Å². The number of rotatable bonds is 7. The van der Waals surface area contributed by atoms with Gasteiger partial charge in [-0.1, -0.05) is 0 Å². The first-order valence-corrected chi connectivity index (χ1v) is 6.84. The van der Waals surface area contributed by atoms with Crippen molar-refractivity contribution in [2.75, 3.05) is 20.3 Å². The topological polar surface area (TPSA) is 95.9 Å². The van der Waals surface area contributed by atoms with Crippen molar-refractivity contribution in [2.45, 2.75) is 37.8 Å². The van der Waals surface area contributed by atoms with Crippen LogP contribution in [0.2, 0.25) is 0 Å². The Morgan fingerprint density at radius 1 is 1.50 bits per heavy atom. The lowest BCUT2D eigenvalue weighted by molar-refractivity contribution is -0.142. The minimum Gasteiger partial charge on any atom is -0.480 e. The molecule has 1 saturated carbocycles. The van der Waals surface area contributed by atoms with Gasteiger partial charge in [0.2, 0.25) is 11.8 Å². The number of likely N-dealkylation sites (tertiary alicyclic amines) is 1. The van der Waals surface area contributed by atoms with Crippen LogP contribution in [0.25, 0.3) is 0 Å². The van der Waals surface area contributed by atoms with Crippen molar-refractivity contribution in [3.63, 3.8) is 0 Å². The van der Waals surface area contributed by atoms with E-state index in [0.29, 0.717) is 12.6 Å². The number of ether oxygens (including phenoxy) is 1. The summed E-state index contributed by atoms with van der Waals surface area (Å²) in [7, 11) is 1.48. The number of aliphatic carboxylic acids is 1. The molecule has 20 heavy (non-hydrogen) atoms. The first-order valence-electron chi connectivity index (χ1n) is 6.84. The van der Waals surface area contributed by atoms with E-state index in [1.807, 2.05) is 0 Å². The van der Waals surface area contributed by atoms with Gasteiger partial charge in [-0.2, -0.15) is 0 Å². The number of hydrogen-bond donors (Lipinski definition) is 2. The largest absolute Gasteiger partial charge is 0.480 e. The number of carboxylic acids is 1. The first kappa shape index (κ1) is 14.8. The Kier molecular flexibility index (Phi) is 4.59. The Balaban J connectivity index is 1.87. The van der Waals surface area contributed by atoms with Crippen molar-refractivity contribution in [2.24, 2.45) is 5.92 Å². The van der Waals surface area contributed by atoms with Gasteiger partial charge in [0.25, 0.3) is 0 Å². The fourth-order valence-electron chi connectivity index (χ4n) is 2.43. The maximum atomic E-state index is 12.1. The summed E-state index contributed by atoms with van der Waals surface area (Å²) in [5, 5.41) is 11.5. The molecule has 2 atom stereocenters. The Labute approximate surface area is 117 Å². The molecule has 7 heteroatoms. The fraction of sp³-hybridized carbons (Fsp3) is 0.769. The van der Waals surface area contributed by atoms with Crippen LogP contribution < -0.4 is 5.32 Å². The highest BCUT2D eigenvalue weighted by Crippen LogP contribution is 2.32. The first-order chi connectivity index (χ1) is 9.52. The molecule has 0 bridgehead atoms. The zero-order chi connectivity index (χ0) is 14.7. The number of hydrogen-bond acceptors (Lipinski definition) is 4. The molecule has 0 spiro atoms. The summed E-state index contributed by atoms with van der Waals surface area (Å²) in [6.45, 7) is 0.668. The van der Waals surface area contributed by atoms with Crippen molar-refractivity contribution in [3.8, 4) is 0 Å². The lowest BCUT2D eigenvalue weighted by Gasteiger charge is -2.18. The van der Waals surface area contributed by atoms with E-state index in [2.05, 4.69) is 5.32 Å². The van der Waals surface area contributed by atoms with Crippen molar-refractivity contribution in [1.29, 1.82) is 0 Å². The van der Waals surface area contributed by atoms with Gasteiger partial charge in [0.1, 0.15) is 6.04 Å². The van der Waals surface area contributed by atoms with Gasteiger partial charge >= 0.3 is 5.97 Å². The second-order valence-corrected chi connectivity index (χ2v) is 5.36. The summed E-state index contributed by atoms with van der Waals surface area (Å²) in [5.74, 6) is -1.88. The van der Waals surface area contributed by atoms with Gasteiger partial charge in [0, 0.05) is 39.1 Å². The minimum absolute atomic E-state index is 0.00332. The molecule has 2 aliphatic rings. The molecule has 0 radical (unpaired) electrons. The molecule has 7 nitrogen and oxygen atoms in total. The number of nitrogens with zero attached hydrogens (tertiary/aromatic N) is 1. The quantitative estimate of drug-likeness (QED) is 0.663. The maximum Gasteiger partial charge on any atom is 0.326 e. The Morgan fingerprint density at radius 2 is 2.20 bits per heavy atom. The van der Waals surface area contributed by atoms with Gasteiger partial charge < -0.3 is 20.1 Å². The number of nitrogens with one attached hydrogen (secondary N) is 1. The molecule has 2 fully saturated rings. The summed E-state index contributed by atoms with van der Waals surface area (Å²) in [6.07, 6.45) is 2.40. The van der Waals surface area contributed by atoms with Crippen LogP contribution in [0.15, 0.2) is 0 Å². The lowest BCUT2D eigenvalue weighted by Crippen LogP contribution is -2.44. The van der Waals surface area contributed by atoms with Crippen LogP contribution in [0.4, 0.5) is 0 Å². The summed E-state index contributed by atoms with van der Waals surface area (Å²) in [6, 6.07) is -0.670. The van der Waals surface area contributed by atoms with Gasteiger partial charge in [-0.3, -0.25) is 9.59 Å². The van der Waals surface area contributed by atoms with Crippen LogP contribution in [0.1, 0.15) is 25.7 Å². The van der Waals surface area contributed by atoms with Crippen molar-refractivity contribution in [3.05, 3.63) is 0 Å². The summed E-state index contributed by atoms with van der Waals surface area (Å²) >= 11 is 0. The minimum atomic E-state index is -1.08. The van der Waals surface area contributed by atoms with Crippen LogP contribution in [0.3, 0.4) is 0 Å². The molecule has 1 heterocycles. The smallest absolute Gasteiger partial charge is 0.326 e. The summed E-state index contributed by atoms with van der Waals surface area (Å²) in [5.41, 5.74) is 0. The lowest BCUT2D eigenvalue weighted by atomic mass is 10.1. The maximum absolute atomic E-state index is 12.1. The number of carbonyl (C=O) groups excluding carboxylic acids is 2. The molecule has 112 valence electrons. The average Bonchev–Trinajstić information content (AvgIpc) is 3.17. The van der Waals surface area contributed by atoms with E-state index in [1.54, 1.807) is 4.90 Å². The molecule has 1 aliphatic carbocycles. The van der Waals surface area contributed by atoms with Crippen LogP contribution in [-0.4, -0.2) is 60.1 Å². The van der Waals surface area contributed by atoms with E-state index in [4.69, 9.17) is 9.84 Å². The third-order valence-electron chi connectivity index (χ3n) is 3.74. The number of amides is 2. The van der Waals surface area contributed by atoms with Crippen LogP contribution >= 0.6 is 0 Å². The molecule has 1 aliphatic heterocycles. The number of carboxylic acid groups (broad SMARTS) is 1. The monoisotopic (exact) mass is 284 g/mol. The van der Waals surface area contributed by atoms with Gasteiger partial charge in [0.05, 0.1) is 5.92 Å². The Bertz CT molecular complexity index is 408. The second kappa shape index (κ2) is 6.21. The summed E-state index contributed by atoms with van der Waals surface area (Å²) < 4.78 is 4.83. The van der Waals surface area contributed by atoms with Gasteiger partial charge in [-0.25, -0.2) is 4.79 Å². The van der Waals surface area contributed by atoms with Crippen LogP contribution in [0, 0.1) is 5.92 Å². The predicted octanol–water partition coefficient (Wildman–Crippen LogP) is -0.397. The highest BCUT2D eigenvalue weighted by Gasteiger charge is 2.42. The van der Waals surface area contributed by atoms with Gasteiger partial charge in [-0.05, 0) is 12.8 Å². The molecule has 2 N–H and O–H groups in total. The SMILES string of the molecule is COCCC(NC(=O)C1CC(=O)N(C2CC2)C1)C(=O)O. The molecule has 1 saturated heterocycles. The van der Waals surface area contributed by atoms with Crippen LogP contribution in [0.5, 0.6) is 0 Å². The van der Waals surface area contributed by atoms with E-state index in [9.17, 15) is 14.4 Å². The Morgan fingerprint density at radius 3 is 2.75 bits per heavy atom. The predicted molar refractivity (Wildman–Crippen MR) is 68.9 cm³/mol. The molecule has 0 aromatic heterocycles. The molecular formula is C13H20N2O5. The van der Waals surface area contributed by atoms with Crippen molar-refractivity contribution >= 4 is 17.8 Å². The molecular weight excluding hydrogens is 264 g/mol. The normalized spacial score (nSPS) is 23.8. The molecule has 2 amide bonds. The standard InChI is InChI=1S/C13H20N2O5/c1-20-5-4-10(13(18)19)14-12(17)8-6-11(16)15(7-8)9-2-3-9/h8-10H,2-7H2,1H3,(H,14,17)(H,18,19). The van der Waals surface area contributed by atoms with E-state index >= 15 is 0 Å². The zero-order valence-electron chi connectivity index (χ0n) is 11.5. The van der Waals surface area contributed by atoms with E-state index < -0.39 is 17.9 Å². The van der Waals surface area contributed by atoms with Gasteiger partial charge in [0.15, 0.2) is 0 Å². The summed E-state index contributed by atoms with van der Waals surface area (Å²) in [4.78, 5) is 36.6. The fourth-order valence-corrected chi connectivity index (χ4v) is 2.43.